The summed E-state index contributed by atoms with van der Waals surface area (Å²) in [4.78, 5) is 27.3. The van der Waals surface area contributed by atoms with Crippen LogP contribution in [0.5, 0.6) is 0 Å². The van der Waals surface area contributed by atoms with Gasteiger partial charge in [0.25, 0.3) is 0 Å². The number of aliphatic carboxylic acids is 1. The Kier molecular flexibility index (Phi) is 3.60. The average molecular weight is 335 g/mol. The summed E-state index contributed by atoms with van der Waals surface area (Å²) in [7, 11) is 0. The summed E-state index contributed by atoms with van der Waals surface area (Å²) in [5, 5.41) is 16.3. The van der Waals surface area contributed by atoms with Gasteiger partial charge < -0.3 is 10.4 Å². The summed E-state index contributed by atoms with van der Waals surface area (Å²) in [6.07, 6.45) is 2.91. The van der Waals surface area contributed by atoms with Crippen molar-refractivity contribution in [2.45, 2.75) is 13.8 Å². The van der Waals surface area contributed by atoms with Crippen LogP contribution >= 0.6 is 11.6 Å². The number of hydrogen-bond acceptors (Lipinski definition) is 4. The van der Waals surface area contributed by atoms with Crippen LogP contribution in [0.1, 0.15) is 13.8 Å². The van der Waals surface area contributed by atoms with Crippen molar-refractivity contribution in [3.8, 4) is 5.69 Å². The minimum atomic E-state index is -0.949. The second kappa shape index (κ2) is 5.34. The quantitative estimate of drug-likeness (QED) is 0.893. The van der Waals surface area contributed by atoms with E-state index in [0.29, 0.717) is 16.4 Å². The summed E-state index contributed by atoms with van der Waals surface area (Å²) < 4.78 is 1.51. The second-order valence-corrected chi connectivity index (χ2v) is 6.52. The SMILES string of the molecule is CC1(C)[C@@H](C(=O)O)[C@@H]1C(=O)Nc1ccc(-n2cncn2)c(Cl)c1. The molecule has 0 bridgehead atoms. The van der Waals surface area contributed by atoms with Gasteiger partial charge in [-0.3, -0.25) is 9.59 Å². The fraction of sp³-hybridized carbons (Fsp3) is 0.333. The highest BCUT2D eigenvalue weighted by molar-refractivity contribution is 6.32. The molecule has 1 saturated carbocycles. The third kappa shape index (κ3) is 2.68. The lowest BCUT2D eigenvalue weighted by Crippen LogP contribution is -2.17. The van der Waals surface area contributed by atoms with Gasteiger partial charge in [-0.2, -0.15) is 5.10 Å². The molecule has 2 aromatic rings. The number of carbonyl (C=O) groups is 2. The summed E-state index contributed by atoms with van der Waals surface area (Å²) in [6, 6.07) is 4.99. The summed E-state index contributed by atoms with van der Waals surface area (Å²) in [5.41, 5.74) is 0.605. The van der Waals surface area contributed by atoms with Crippen molar-refractivity contribution in [1.29, 1.82) is 0 Å². The number of anilines is 1. The molecule has 1 amide bonds. The maximum absolute atomic E-state index is 12.3. The Morgan fingerprint density at radius 3 is 2.61 bits per heavy atom. The maximum atomic E-state index is 12.3. The number of carboxylic acid groups (broad SMARTS) is 1. The largest absolute Gasteiger partial charge is 0.481 e. The Bertz CT molecular complexity index is 773. The van der Waals surface area contributed by atoms with E-state index in [-0.39, 0.29) is 5.91 Å². The van der Waals surface area contributed by atoms with Crippen molar-refractivity contribution in [1.82, 2.24) is 14.8 Å². The standard InChI is InChI=1S/C15H15ClN4O3/c1-15(2)11(12(15)14(22)23)13(21)19-8-3-4-10(9(16)5-8)20-7-17-6-18-20/h3-7,11-12H,1-2H3,(H,19,21)(H,22,23)/t11-,12-/m1/s1. The Morgan fingerprint density at radius 1 is 1.35 bits per heavy atom. The van der Waals surface area contributed by atoms with Crippen LogP contribution in [-0.4, -0.2) is 31.7 Å². The van der Waals surface area contributed by atoms with Gasteiger partial charge >= 0.3 is 5.97 Å². The predicted molar refractivity (Wildman–Crippen MR) is 83.4 cm³/mol. The van der Waals surface area contributed by atoms with Gasteiger partial charge in [-0.15, -0.1) is 0 Å². The van der Waals surface area contributed by atoms with Gasteiger partial charge in [-0.1, -0.05) is 25.4 Å². The fourth-order valence-corrected chi connectivity index (χ4v) is 3.18. The normalized spacial score (nSPS) is 21.7. The molecule has 7 nitrogen and oxygen atoms in total. The topological polar surface area (TPSA) is 97.1 Å². The van der Waals surface area contributed by atoms with E-state index in [0.717, 1.165) is 0 Å². The van der Waals surface area contributed by atoms with Crippen molar-refractivity contribution < 1.29 is 14.7 Å². The zero-order valence-corrected chi connectivity index (χ0v) is 13.3. The minimum Gasteiger partial charge on any atom is -0.481 e. The Labute approximate surface area is 137 Å². The first-order valence-corrected chi connectivity index (χ1v) is 7.38. The molecule has 2 N–H and O–H groups in total. The van der Waals surface area contributed by atoms with E-state index in [1.165, 1.54) is 17.3 Å². The number of aromatic nitrogens is 3. The van der Waals surface area contributed by atoms with E-state index in [9.17, 15) is 9.59 Å². The molecule has 1 aromatic carbocycles. The monoisotopic (exact) mass is 334 g/mol. The van der Waals surface area contributed by atoms with Gasteiger partial charge in [0.05, 0.1) is 22.5 Å². The van der Waals surface area contributed by atoms with Gasteiger partial charge in [0.1, 0.15) is 12.7 Å². The smallest absolute Gasteiger partial charge is 0.307 e. The van der Waals surface area contributed by atoms with Crippen LogP contribution in [0.3, 0.4) is 0 Å². The number of nitrogens with zero attached hydrogens (tertiary/aromatic N) is 3. The van der Waals surface area contributed by atoms with Gasteiger partial charge in [0.15, 0.2) is 0 Å². The molecule has 1 aliphatic carbocycles. The highest BCUT2D eigenvalue weighted by Crippen LogP contribution is 2.58. The molecule has 8 heteroatoms. The highest BCUT2D eigenvalue weighted by atomic mass is 35.5. The first kappa shape index (κ1) is 15.5. The van der Waals surface area contributed by atoms with E-state index in [2.05, 4.69) is 15.4 Å². The number of amides is 1. The number of carboxylic acids is 1. The molecule has 3 rings (SSSR count). The summed E-state index contributed by atoms with van der Waals surface area (Å²) in [6.45, 7) is 3.55. The van der Waals surface area contributed by atoms with Crippen LogP contribution in [0.15, 0.2) is 30.9 Å². The molecule has 0 radical (unpaired) electrons. The molecule has 0 aliphatic heterocycles. The van der Waals surface area contributed by atoms with Crippen molar-refractivity contribution >= 4 is 29.2 Å². The molecule has 0 spiro atoms. The molecule has 0 unspecified atom stereocenters. The number of carbonyl (C=O) groups excluding carboxylic acids is 1. The number of benzene rings is 1. The molecular formula is C15H15ClN4O3. The summed E-state index contributed by atoms with van der Waals surface area (Å²) in [5.74, 6) is -2.47. The maximum Gasteiger partial charge on any atom is 0.307 e. The van der Waals surface area contributed by atoms with Gasteiger partial charge in [-0.05, 0) is 23.6 Å². The number of rotatable bonds is 4. The van der Waals surface area contributed by atoms with E-state index in [1.807, 2.05) is 0 Å². The van der Waals surface area contributed by atoms with Crippen LogP contribution < -0.4 is 5.32 Å². The zero-order valence-electron chi connectivity index (χ0n) is 12.5. The van der Waals surface area contributed by atoms with Crippen LogP contribution in [0, 0.1) is 17.3 Å². The molecular weight excluding hydrogens is 320 g/mol. The molecule has 2 atom stereocenters. The Balaban J connectivity index is 1.76. The van der Waals surface area contributed by atoms with Crippen LogP contribution in [0.2, 0.25) is 5.02 Å². The lowest BCUT2D eigenvalue weighted by molar-refractivity contribution is -0.140. The third-order valence-corrected chi connectivity index (χ3v) is 4.56. The summed E-state index contributed by atoms with van der Waals surface area (Å²) >= 11 is 6.20. The zero-order chi connectivity index (χ0) is 16.8. The fourth-order valence-electron chi connectivity index (χ4n) is 2.91. The van der Waals surface area contributed by atoms with Gasteiger partial charge in [-0.25, -0.2) is 9.67 Å². The predicted octanol–water partition coefficient (Wildman–Crippen LogP) is 2.22. The minimum absolute atomic E-state index is 0.313. The van der Waals surface area contributed by atoms with E-state index in [1.54, 1.807) is 32.0 Å². The van der Waals surface area contributed by atoms with Crippen molar-refractivity contribution in [2.75, 3.05) is 5.32 Å². The highest BCUT2D eigenvalue weighted by Gasteiger charge is 2.65. The van der Waals surface area contributed by atoms with Gasteiger partial charge in [0, 0.05) is 5.69 Å². The molecule has 120 valence electrons. The van der Waals surface area contributed by atoms with Crippen LogP contribution in [0.25, 0.3) is 5.69 Å². The van der Waals surface area contributed by atoms with Crippen molar-refractivity contribution in [3.05, 3.63) is 35.9 Å². The lowest BCUT2D eigenvalue weighted by Gasteiger charge is -2.09. The third-order valence-electron chi connectivity index (χ3n) is 4.26. The first-order valence-electron chi connectivity index (χ1n) is 7.00. The first-order chi connectivity index (χ1) is 10.8. The van der Waals surface area contributed by atoms with E-state index < -0.39 is 23.2 Å². The Morgan fingerprint density at radius 2 is 2.09 bits per heavy atom. The van der Waals surface area contributed by atoms with Crippen LogP contribution in [0.4, 0.5) is 5.69 Å². The molecule has 23 heavy (non-hydrogen) atoms. The molecule has 0 saturated heterocycles. The molecule has 1 fully saturated rings. The number of nitrogens with one attached hydrogen (secondary N) is 1. The number of halogens is 1. The second-order valence-electron chi connectivity index (χ2n) is 6.11. The van der Waals surface area contributed by atoms with Crippen molar-refractivity contribution in [3.63, 3.8) is 0 Å². The number of hydrogen-bond donors (Lipinski definition) is 2. The Hall–Kier alpha value is -2.41. The molecule has 1 aromatic heterocycles. The molecule has 1 heterocycles. The van der Waals surface area contributed by atoms with Crippen LogP contribution in [-0.2, 0) is 9.59 Å². The van der Waals surface area contributed by atoms with E-state index in [4.69, 9.17) is 16.7 Å². The van der Waals surface area contributed by atoms with Crippen molar-refractivity contribution in [2.24, 2.45) is 17.3 Å². The van der Waals surface area contributed by atoms with E-state index >= 15 is 0 Å². The average Bonchev–Trinajstić information content (AvgIpc) is 2.84. The molecule has 1 aliphatic rings. The van der Waals surface area contributed by atoms with Gasteiger partial charge in [0.2, 0.25) is 5.91 Å². The lowest BCUT2D eigenvalue weighted by atomic mass is 10.1.